The molecule has 3 aromatic rings. The van der Waals surface area contributed by atoms with Crippen molar-refractivity contribution in [3.05, 3.63) is 63.2 Å². The minimum Gasteiger partial charge on any atom is -0.493 e. The Bertz CT molecular complexity index is 1670. The smallest absolute Gasteiger partial charge is 0.319 e. The van der Waals surface area contributed by atoms with E-state index in [4.69, 9.17) is 28.4 Å². The highest BCUT2D eigenvalue weighted by atomic mass is 32.2. The van der Waals surface area contributed by atoms with Gasteiger partial charge in [-0.3, -0.25) is 19.7 Å². The van der Waals surface area contributed by atoms with E-state index in [1.165, 1.54) is 25.8 Å². The Kier molecular flexibility index (Phi) is 9.80. The second kappa shape index (κ2) is 14.2. The zero-order valence-corrected chi connectivity index (χ0v) is 27.6. The summed E-state index contributed by atoms with van der Waals surface area (Å²) in [6, 6.07) is 11.2. The first kappa shape index (κ1) is 32.5. The molecule has 250 valence electrons. The van der Waals surface area contributed by atoms with Gasteiger partial charge in [-0.05, 0) is 68.4 Å². The fraction of sp³-hybridized carbons (Fsp3) is 0.424. The number of benzene rings is 3. The van der Waals surface area contributed by atoms with Gasteiger partial charge < -0.3 is 28.2 Å². The quantitative estimate of drug-likeness (QED) is 0.0993. The topological polar surface area (TPSA) is 142 Å². The van der Waals surface area contributed by atoms with Crippen molar-refractivity contribution in [3.8, 4) is 23.0 Å². The summed E-state index contributed by atoms with van der Waals surface area (Å²) in [6.45, 7) is 5.42. The van der Waals surface area contributed by atoms with E-state index in [-0.39, 0.29) is 30.4 Å². The van der Waals surface area contributed by atoms with Crippen LogP contribution in [0.2, 0.25) is 0 Å². The number of ether oxygens (including phenoxy) is 3. The van der Waals surface area contributed by atoms with Gasteiger partial charge in [-0.2, -0.15) is 0 Å². The summed E-state index contributed by atoms with van der Waals surface area (Å²) in [5, 5.41) is 19.1. The largest absolute Gasteiger partial charge is 0.493 e. The van der Waals surface area contributed by atoms with Crippen LogP contribution in [0.25, 0.3) is 0 Å². The normalized spacial score (nSPS) is 14.8. The van der Waals surface area contributed by atoms with Gasteiger partial charge in [-0.25, -0.2) is 10.2 Å². The maximum absolute atomic E-state index is 12.1. The van der Waals surface area contributed by atoms with Crippen LogP contribution in [0, 0.1) is 10.1 Å². The average molecular weight is 666 g/mol. The molecule has 0 fully saturated rings. The molecule has 0 saturated carbocycles. The summed E-state index contributed by atoms with van der Waals surface area (Å²) < 4.78 is 22.2. The number of rotatable bonds is 12. The molecule has 0 aliphatic carbocycles. The van der Waals surface area contributed by atoms with Crippen molar-refractivity contribution in [2.75, 3.05) is 55.3 Å². The molecule has 0 amide bonds. The van der Waals surface area contributed by atoms with Crippen molar-refractivity contribution in [1.29, 1.82) is 0 Å². The van der Waals surface area contributed by atoms with Crippen molar-refractivity contribution in [3.63, 3.8) is 0 Å². The molecule has 6 rings (SSSR count). The third kappa shape index (κ3) is 6.58. The molecule has 0 bridgehead atoms. The number of methoxy groups -OCH3 is 2. The lowest BCUT2D eigenvalue weighted by atomic mass is 9.97. The van der Waals surface area contributed by atoms with Crippen LogP contribution in [0.4, 0.5) is 28.4 Å². The Balaban J connectivity index is 1.38. The molecule has 0 radical (unpaired) electrons. The molecule has 3 heterocycles. The monoisotopic (exact) mass is 665 g/mol. The van der Waals surface area contributed by atoms with Crippen LogP contribution in [-0.2, 0) is 33.3 Å². The summed E-state index contributed by atoms with van der Waals surface area (Å²) in [5.74, 6) is 1.55. The van der Waals surface area contributed by atoms with E-state index >= 15 is 0 Å². The van der Waals surface area contributed by atoms with Crippen LogP contribution < -0.4 is 34.2 Å². The number of nitrogens with zero attached hydrogens (tertiary/aromatic N) is 4. The number of aryl methyl sites for hydroxylation is 2. The van der Waals surface area contributed by atoms with Gasteiger partial charge in [0.05, 0.1) is 30.8 Å². The van der Waals surface area contributed by atoms with Crippen LogP contribution in [0.3, 0.4) is 0 Å². The lowest BCUT2D eigenvalue weighted by Gasteiger charge is -2.38. The highest BCUT2D eigenvalue weighted by Crippen LogP contribution is 2.52. The van der Waals surface area contributed by atoms with Gasteiger partial charge in [-0.1, -0.05) is 0 Å². The summed E-state index contributed by atoms with van der Waals surface area (Å²) in [5.41, 5.74) is 6.17. The third-order valence-corrected chi connectivity index (χ3v) is 9.15. The van der Waals surface area contributed by atoms with E-state index < -0.39 is 4.92 Å². The number of fused-ring (bicyclic) bond motifs is 4. The first-order valence-corrected chi connectivity index (χ1v) is 16.6. The van der Waals surface area contributed by atoms with Gasteiger partial charge >= 0.3 is 5.97 Å². The van der Waals surface area contributed by atoms with E-state index in [1.54, 1.807) is 11.1 Å². The number of nitro groups is 1. The molecule has 13 nitrogen and oxygen atoms in total. The number of anilines is 4. The maximum Gasteiger partial charge on any atom is 0.319 e. The predicted octanol–water partition coefficient (Wildman–Crippen LogP) is 6.36. The van der Waals surface area contributed by atoms with Gasteiger partial charge in [0.25, 0.3) is 5.69 Å². The van der Waals surface area contributed by atoms with E-state index in [9.17, 15) is 14.9 Å². The molecule has 2 N–H and O–H groups in total. The SMILES string of the molecule is CCN1CCCc2cc3c(cc21)Oc1cc2c(cc1N3OCc1cc(OC)c(OC)cc1[N+](=O)[O-])CCCN2CCCC(=O)OSN. The minimum atomic E-state index is -0.447. The van der Waals surface area contributed by atoms with E-state index in [0.717, 1.165) is 67.9 Å². The van der Waals surface area contributed by atoms with Crippen LogP contribution in [0.1, 0.15) is 49.3 Å². The summed E-state index contributed by atoms with van der Waals surface area (Å²) in [4.78, 5) is 34.6. The molecule has 47 heavy (non-hydrogen) atoms. The molecule has 0 spiro atoms. The summed E-state index contributed by atoms with van der Waals surface area (Å²) in [7, 11) is 2.93. The first-order chi connectivity index (χ1) is 22.8. The fourth-order valence-corrected chi connectivity index (χ4v) is 6.81. The molecular weight excluding hydrogens is 626 g/mol. The van der Waals surface area contributed by atoms with Crippen molar-refractivity contribution in [2.24, 2.45) is 5.14 Å². The zero-order valence-electron chi connectivity index (χ0n) is 26.8. The van der Waals surface area contributed by atoms with Gasteiger partial charge in [0, 0.05) is 56.1 Å². The lowest BCUT2D eigenvalue weighted by Crippen LogP contribution is -2.32. The Morgan fingerprint density at radius 1 is 0.936 bits per heavy atom. The molecule has 3 aliphatic heterocycles. The maximum atomic E-state index is 12.1. The van der Waals surface area contributed by atoms with Crippen LogP contribution in [-0.4, -0.2) is 51.3 Å². The van der Waals surface area contributed by atoms with Gasteiger partial charge in [-0.15, -0.1) is 0 Å². The molecule has 0 unspecified atom stereocenters. The number of hydrogen-bond acceptors (Lipinski definition) is 13. The number of carbonyl (C=O) groups is 1. The predicted molar refractivity (Wildman–Crippen MR) is 180 cm³/mol. The van der Waals surface area contributed by atoms with Crippen LogP contribution >= 0.6 is 12.2 Å². The number of hydrogen-bond donors (Lipinski definition) is 1. The highest BCUT2D eigenvalue weighted by Gasteiger charge is 2.32. The van der Waals surface area contributed by atoms with Crippen molar-refractivity contribution >= 4 is 46.6 Å². The van der Waals surface area contributed by atoms with E-state index in [2.05, 4.69) is 34.9 Å². The molecule has 14 heteroatoms. The summed E-state index contributed by atoms with van der Waals surface area (Å²) in [6.07, 6.45) is 4.68. The van der Waals surface area contributed by atoms with Crippen LogP contribution in [0.5, 0.6) is 23.0 Å². The standard InChI is InChI=1S/C33H39N5O8S/c1-4-35-11-5-8-21-14-27-29(17-24(21)35)45-30-18-25-22(9-6-12-36(25)13-7-10-33(39)46-47-34)15-28(30)37(27)44-20-23-16-31(42-2)32(43-3)19-26(23)38(40)41/h14-19H,4-13,20,34H2,1-3H3. The molecule has 0 atom stereocenters. The van der Waals surface area contributed by atoms with Gasteiger partial charge in [0.15, 0.2) is 23.0 Å². The Hall–Kier alpha value is -4.40. The van der Waals surface area contributed by atoms with Crippen molar-refractivity contribution < 1.29 is 32.9 Å². The fourth-order valence-electron chi connectivity index (χ4n) is 6.62. The second-order valence-electron chi connectivity index (χ2n) is 11.6. The molecule has 0 aromatic heterocycles. The molecule has 3 aromatic carbocycles. The Morgan fingerprint density at radius 2 is 1.55 bits per heavy atom. The molecular formula is C33H39N5O8S. The van der Waals surface area contributed by atoms with Crippen molar-refractivity contribution in [1.82, 2.24) is 0 Å². The highest BCUT2D eigenvalue weighted by molar-refractivity contribution is 7.92. The van der Waals surface area contributed by atoms with Crippen molar-refractivity contribution in [2.45, 2.75) is 52.1 Å². The second-order valence-corrected chi connectivity index (χ2v) is 11.9. The van der Waals surface area contributed by atoms with Crippen LogP contribution in [0.15, 0.2) is 36.4 Å². The lowest BCUT2D eigenvalue weighted by molar-refractivity contribution is -0.386. The third-order valence-electron chi connectivity index (χ3n) is 8.87. The Labute approximate surface area is 277 Å². The molecule has 0 saturated heterocycles. The average Bonchev–Trinajstić information content (AvgIpc) is 3.08. The number of nitrogens with two attached hydrogens (primary N) is 1. The van der Waals surface area contributed by atoms with Gasteiger partial charge in [0.1, 0.15) is 30.2 Å². The zero-order chi connectivity index (χ0) is 33.1. The van der Waals surface area contributed by atoms with E-state index in [0.29, 0.717) is 53.7 Å². The first-order valence-electron chi connectivity index (χ1n) is 15.7. The number of carbonyl (C=O) groups excluding carboxylic acids is 1. The molecule has 3 aliphatic rings. The number of nitro benzene ring substituents is 1. The Morgan fingerprint density at radius 3 is 2.15 bits per heavy atom. The van der Waals surface area contributed by atoms with E-state index in [1.807, 2.05) is 6.07 Å². The summed E-state index contributed by atoms with van der Waals surface area (Å²) >= 11 is 0.568. The van der Waals surface area contributed by atoms with Gasteiger partial charge in [0.2, 0.25) is 0 Å². The minimum absolute atomic E-state index is 0.103.